The summed E-state index contributed by atoms with van der Waals surface area (Å²) >= 11 is 0. The van der Waals surface area contributed by atoms with Crippen molar-refractivity contribution in [3.05, 3.63) is 65.5 Å². The number of carbonyl (C=O) groups is 1. The molecule has 0 bridgehead atoms. The van der Waals surface area contributed by atoms with Crippen LogP contribution < -0.4 is 10.1 Å². The van der Waals surface area contributed by atoms with E-state index in [4.69, 9.17) is 4.74 Å². The molecule has 1 amide bonds. The molecule has 2 N–H and O–H groups in total. The van der Waals surface area contributed by atoms with E-state index in [1.165, 1.54) is 11.8 Å². The van der Waals surface area contributed by atoms with Crippen LogP contribution in [0.15, 0.2) is 48.8 Å². The molecule has 1 aromatic carbocycles. The van der Waals surface area contributed by atoms with E-state index < -0.39 is 0 Å². The standard InChI is InChI=1S/C21H25N3O3/c1-21(2,3)16-5-7-17(8-6-16)27-11-10-22-20(26)18-12-23-24-13-15(14-25)4-9-19(18)24/h4-9,12-13,25H,10-11,14H2,1-3H3,(H,22,26). The minimum absolute atomic E-state index is 0.0641. The van der Waals surface area contributed by atoms with Crippen LogP contribution in [0.25, 0.3) is 5.52 Å². The summed E-state index contributed by atoms with van der Waals surface area (Å²) in [5.41, 5.74) is 3.29. The molecule has 0 saturated carbocycles. The Morgan fingerprint density at radius 1 is 1.19 bits per heavy atom. The number of aliphatic hydroxyl groups is 1. The number of rotatable bonds is 6. The third-order valence-corrected chi connectivity index (χ3v) is 4.38. The van der Waals surface area contributed by atoms with Crippen LogP contribution in [0.3, 0.4) is 0 Å². The normalized spacial score (nSPS) is 11.6. The van der Waals surface area contributed by atoms with E-state index in [9.17, 15) is 9.90 Å². The second-order valence-corrected chi connectivity index (χ2v) is 7.46. The molecule has 3 rings (SSSR count). The minimum atomic E-state index is -0.201. The molecule has 3 aromatic rings. The highest BCUT2D eigenvalue weighted by atomic mass is 16.5. The molecule has 6 nitrogen and oxygen atoms in total. The number of amides is 1. The summed E-state index contributed by atoms with van der Waals surface area (Å²) in [5.74, 6) is 0.582. The van der Waals surface area contributed by atoms with E-state index in [0.29, 0.717) is 24.2 Å². The third kappa shape index (κ3) is 4.46. The maximum absolute atomic E-state index is 12.4. The summed E-state index contributed by atoms with van der Waals surface area (Å²) in [6, 6.07) is 11.6. The van der Waals surface area contributed by atoms with E-state index in [0.717, 1.165) is 11.3 Å². The zero-order valence-electron chi connectivity index (χ0n) is 15.9. The number of hydrogen-bond acceptors (Lipinski definition) is 4. The van der Waals surface area contributed by atoms with Gasteiger partial charge in [-0.15, -0.1) is 0 Å². The van der Waals surface area contributed by atoms with Crippen LogP contribution in [0.5, 0.6) is 5.75 Å². The summed E-state index contributed by atoms with van der Waals surface area (Å²) in [6.07, 6.45) is 3.23. The van der Waals surface area contributed by atoms with E-state index in [1.807, 2.05) is 12.1 Å². The van der Waals surface area contributed by atoms with Crippen molar-refractivity contribution < 1.29 is 14.6 Å². The average molecular weight is 367 g/mol. The fourth-order valence-corrected chi connectivity index (χ4v) is 2.78. The number of benzene rings is 1. The maximum atomic E-state index is 12.4. The number of hydrogen-bond donors (Lipinski definition) is 2. The van der Waals surface area contributed by atoms with E-state index in [2.05, 4.69) is 43.3 Å². The lowest BCUT2D eigenvalue weighted by Crippen LogP contribution is -2.28. The van der Waals surface area contributed by atoms with Gasteiger partial charge in [0.25, 0.3) is 5.91 Å². The Labute approximate surface area is 158 Å². The second-order valence-electron chi connectivity index (χ2n) is 7.46. The van der Waals surface area contributed by atoms with Crippen molar-refractivity contribution in [2.75, 3.05) is 13.2 Å². The summed E-state index contributed by atoms with van der Waals surface area (Å²) < 4.78 is 7.29. The first-order valence-electron chi connectivity index (χ1n) is 8.97. The highest BCUT2D eigenvalue weighted by Gasteiger charge is 2.14. The van der Waals surface area contributed by atoms with Crippen LogP contribution in [0.2, 0.25) is 0 Å². The Bertz CT molecular complexity index is 924. The molecular weight excluding hydrogens is 342 g/mol. The van der Waals surface area contributed by atoms with Crippen LogP contribution in [0.1, 0.15) is 42.3 Å². The molecule has 142 valence electrons. The van der Waals surface area contributed by atoms with Gasteiger partial charge < -0.3 is 15.2 Å². The van der Waals surface area contributed by atoms with Gasteiger partial charge in [-0.3, -0.25) is 4.79 Å². The highest BCUT2D eigenvalue weighted by Crippen LogP contribution is 2.24. The molecule has 27 heavy (non-hydrogen) atoms. The van der Waals surface area contributed by atoms with Gasteiger partial charge >= 0.3 is 0 Å². The van der Waals surface area contributed by atoms with Crippen LogP contribution in [-0.2, 0) is 12.0 Å². The van der Waals surface area contributed by atoms with Gasteiger partial charge in [0.1, 0.15) is 12.4 Å². The summed E-state index contributed by atoms with van der Waals surface area (Å²) in [4.78, 5) is 12.4. The molecule has 0 spiro atoms. The van der Waals surface area contributed by atoms with Gasteiger partial charge in [-0.2, -0.15) is 5.10 Å². The predicted octanol–water partition coefficient (Wildman–Crippen LogP) is 2.93. The molecule has 0 aliphatic carbocycles. The quantitative estimate of drug-likeness (QED) is 0.657. The first-order valence-corrected chi connectivity index (χ1v) is 8.97. The Morgan fingerprint density at radius 3 is 2.59 bits per heavy atom. The van der Waals surface area contributed by atoms with Crippen LogP contribution in [0, 0.1) is 0 Å². The van der Waals surface area contributed by atoms with Crippen molar-refractivity contribution >= 4 is 11.4 Å². The highest BCUT2D eigenvalue weighted by molar-refractivity contribution is 6.00. The number of aliphatic hydroxyl groups excluding tert-OH is 1. The fraction of sp³-hybridized carbons (Fsp3) is 0.333. The first kappa shape index (κ1) is 18.9. The van der Waals surface area contributed by atoms with Crippen LogP contribution >= 0.6 is 0 Å². The molecule has 6 heteroatoms. The third-order valence-electron chi connectivity index (χ3n) is 4.38. The second kappa shape index (κ2) is 7.80. The van der Waals surface area contributed by atoms with Crippen LogP contribution in [-0.4, -0.2) is 33.8 Å². The first-order chi connectivity index (χ1) is 12.9. The van der Waals surface area contributed by atoms with Crippen molar-refractivity contribution in [2.24, 2.45) is 0 Å². The zero-order chi connectivity index (χ0) is 19.4. The Hall–Kier alpha value is -2.86. The van der Waals surface area contributed by atoms with Crippen molar-refractivity contribution in [3.63, 3.8) is 0 Å². The lowest BCUT2D eigenvalue weighted by Gasteiger charge is -2.19. The molecule has 0 atom stereocenters. The smallest absolute Gasteiger partial charge is 0.255 e. The van der Waals surface area contributed by atoms with E-state index in [1.54, 1.807) is 22.8 Å². The molecule has 2 aromatic heterocycles. The number of carbonyl (C=O) groups excluding carboxylic acids is 1. The molecule has 0 unspecified atom stereocenters. The van der Waals surface area contributed by atoms with Crippen molar-refractivity contribution in [1.29, 1.82) is 0 Å². The lowest BCUT2D eigenvalue weighted by molar-refractivity contribution is 0.0948. The Morgan fingerprint density at radius 2 is 1.93 bits per heavy atom. The van der Waals surface area contributed by atoms with Crippen molar-refractivity contribution in [3.8, 4) is 5.75 Å². The molecular formula is C21H25N3O3. The summed E-state index contributed by atoms with van der Waals surface area (Å²) in [6.45, 7) is 7.22. The van der Waals surface area contributed by atoms with Gasteiger partial charge in [0.15, 0.2) is 0 Å². The number of fused-ring (bicyclic) bond motifs is 1. The number of ether oxygens (including phenoxy) is 1. The fourth-order valence-electron chi connectivity index (χ4n) is 2.78. The van der Waals surface area contributed by atoms with E-state index in [-0.39, 0.29) is 17.9 Å². The van der Waals surface area contributed by atoms with Crippen molar-refractivity contribution in [1.82, 2.24) is 14.9 Å². The SMILES string of the molecule is CC(C)(C)c1ccc(OCCNC(=O)c2cnn3cc(CO)ccc23)cc1. The minimum Gasteiger partial charge on any atom is -0.492 e. The van der Waals surface area contributed by atoms with Gasteiger partial charge in [0, 0.05) is 6.20 Å². The lowest BCUT2D eigenvalue weighted by atomic mass is 9.87. The number of nitrogens with zero attached hydrogens (tertiary/aromatic N) is 2. The Balaban J connectivity index is 1.53. The van der Waals surface area contributed by atoms with Gasteiger partial charge in [0.05, 0.1) is 30.4 Å². The van der Waals surface area contributed by atoms with Gasteiger partial charge in [-0.1, -0.05) is 39.0 Å². The van der Waals surface area contributed by atoms with Gasteiger partial charge in [-0.25, -0.2) is 4.52 Å². The molecule has 0 aliphatic heterocycles. The topological polar surface area (TPSA) is 75.9 Å². The number of pyridine rings is 1. The molecule has 0 fully saturated rings. The summed E-state index contributed by atoms with van der Waals surface area (Å²) in [5, 5.41) is 16.2. The predicted molar refractivity (Wildman–Crippen MR) is 104 cm³/mol. The molecule has 2 heterocycles. The van der Waals surface area contributed by atoms with Gasteiger partial charge in [0.2, 0.25) is 0 Å². The molecule has 0 saturated heterocycles. The molecule has 0 radical (unpaired) electrons. The summed E-state index contributed by atoms with van der Waals surface area (Å²) in [7, 11) is 0. The maximum Gasteiger partial charge on any atom is 0.255 e. The van der Waals surface area contributed by atoms with E-state index >= 15 is 0 Å². The number of nitrogens with one attached hydrogen (secondary N) is 1. The molecule has 0 aliphatic rings. The zero-order valence-corrected chi connectivity index (χ0v) is 15.9. The monoisotopic (exact) mass is 367 g/mol. The van der Waals surface area contributed by atoms with Gasteiger partial charge in [-0.05, 0) is 34.7 Å². The largest absolute Gasteiger partial charge is 0.492 e. The Kier molecular flexibility index (Phi) is 5.46. The van der Waals surface area contributed by atoms with Crippen LogP contribution in [0.4, 0.5) is 0 Å². The average Bonchev–Trinajstić information content (AvgIpc) is 3.08. The van der Waals surface area contributed by atoms with Crippen molar-refractivity contribution in [2.45, 2.75) is 32.8 Å². The number of aromatic nitrogens is 2.